The second-order valence-electron chi connectivity index (χ2n) is 4.05. The summed E-state index contributed by atoms with van der Waals surface area (Å²) in [6.45, 7) is 0.574. The van der Waals surface area contributed by atoms with Crippen LogP contribution < -0.4 is 5.73 Å². The van der Waals surface area contributed by atoms with Crippen LogP contribution in [0.4, 0.5) is 8.78 Å². The summed E-state index contributed by atoms with van der Waals surface area (Å²) in [6, 6.07) is -0.221. The smallest absolute Gasteiger partial charge is 0.106 e. The third-order valence-electron chi connectivity index (χ3n) is 2.88. The molecule has 15 heavy (non-hydrogen) atoms. The van der Waals surface area contributed by atoms with E-state index in [1.807, 2.05) is 0 Å². The number of ether oxygens (including phenoxy) is 1. The lowest BCUT2D eigenvalue weighted by Crippen LogP contribution is -2.42. The molecule has 0 aromatic heterocycles. The SMILES string of the molecule is N[C@H]1CCCO[C@@H]1C1=C(F)CCC(F)=C1. The minimum atomic E-state index is -0.468. The van der Waals surface area contributed by atoms with Crippen molar-refractivity contribution in [1.29, 1.82) is 0 Å². The summed E-state index contributed by atoms with van der Waals surface area (Å²) in [5, 5.41) is 0. The van der Waals surface area contributed by atoms with Crippen molar-refractivity contribution in [1.82, 2.24) is 0 Å². The van der Waals surface area contributed by atoms with Crippen LogP contribution in [-0.2, 0) is 4.74 Å². The predicted molar refractivity (Wildman–Crippen MR) is 53.5 cm³/mol. The van der Waals surface area contributed by atoms with Crippen molar-refractivity contribution in [3.8, 4) is 0 Å². The van der Waals surface area contributed by atoms with Gasteiger partial charge in [-0.05, 0) is 18.9 Å². The van der Waals surface area contributed by atoms with E-state index in [-0.39, 0.29) is 30.5 Å². The van der Waals surface area contributed by atoms with Crippen LogP contribution in [0.25, 0.3) is 0 Å². The van der Waals surface area contributed by atoms with Crippen molar-refractivity contribution in [3.63, 3.8) is 0 Å². The van der Waals surface area contributed by atoms with Gasteiger partial charge in [-0.25, -0.2) is 8.78 Å². The molecule has 0 aromatic rings. The number of rotatable bonds is 1. The Morgan fingerprint density at radius 1 is 1.33 bits per heavy atom. The van der Waals surface area contributed by atoms with Crippen molar-refractivity contribution < 1.29 is 13.5 Å². The second-order valence-corrected chi connectivity index (χ2v) is 4.05. The van der Waals surface area contributed by atoms with Crippen LogP contribution in [-0.4, -0.2) is 18.8 Å². The predicted octanol–water partition coefficient (Wildman–Crippen LogP) is 2.36. The first-order chi connectivity index (χ1) is 7.18. The molecule has 2 N–H and O–H groups in total. The molecule has 0 spiro atoms. The van der Waals surface area contributed by atoms with E-state index in [0.29, 0.717) is 12.2 Å². The summed E-state index contributed by atoms with van der Waals surface area (Å²) >= 11 is 0. The highest BCUT2D eigenvalue weighted by Crippen LogP contribution is 2.31. The Labute approximate surface area is 87.8 Å². The normalized spacial score (nSPS) is 32.9. The Balaban J connectivity index is 2.21. The average molecular weight is 215 g/mol. The fourth-order valence-electron chi connectivity index (χ4n) is 2.05. The number of allylic oxidation sites excluding steroid dienone is 2. The highest BCUT2D eigenvalue weighted by Gasteiger charge is 2.29. The molecule has 2 aliphatic rings. The summed E-state index contributed by atoms with van der Waals surface area (Å²) in [5.74, 6) is -0.563. The van der Waals surface area contributed by atoms with E-state index in [1.54, 1.807) is 0 Å². The van der Waals surface area contributed by atoms with Gasteiger partial charge in [-0.15, -0.1) is 0 Å². The zero-order valence-corrected chi connectivity index (χ0v) is 8.51. The van der Waals surface area contributed by atoms with Crippen molar-refractivity contribution >= 4 is 0 Å². The standard InChI is InChI=1S/C11H15F2NO/c12-7-3-4-9(13)8(6-7)11-10(14)2-1-5-15-11/h6,10-11H,1-5,14H2/t10-,11+/m0/s1. The Morgan fingerprint density at radius 3 is 2.87 bits per heavy atom. The van der Waals surface area contributed by atoms with E-state index in [1.165, 1.54) is 6.08 Å². The highest BCUT2D eigenvalue weighted by molar-refractivity contribution is 5.33. The largest absolute Gasteiger partial charge is 0.372 e. The molecular weight excluding hydrogens is 200 g/mol. The van der Waals surface area contributed by atoms with Crippen LogP contribution in [0.15, 0.2) is 23.3 Å². The number of hydrogen-bond acceptors (Lipinski definition) is 2. The summed E-state index contributed by atoms with van der Waals surface area (Å²) < 4.78 is 32.0. The summed E-state index contributed by atoms with van der Waals surface area (Å²) in [6.07, 6.45) is 2.75. The average Bonchev–Trinajstić information content (AvgIpc) is 2.23. The molecule has 2 rings (SSSR count). The van der Waals surface area contributed by atoms with E-state index in [9.17, 15) is 8.78 Å². The van der Waals surface area contributed by atoms with Crippen molar-refractivity contribution in [3.05, 3.63) is 23.3 Å². The van der Waals surface area contributed by atoms with E-state index in [4.69, 9.17) is 10.5 Å². The Hall–Kier alpha value is -0.740. The molecule has 1 fully saturated rings. The van der Waals surface area contributed by atoms with E-state index < -0.39 is 6.10 Å². The first-order valence-electron chi connectivity index (χ1n) is 5.30. The molecule has 4 heteroatoms. The van der Waals surface area contributed by atoms with Gasteiger partial charge in [-0.3, -0.25) is 0 Å². The molecule has 1 aliphatic carbocycles. The molecule has 2 atom stereocenters. The fourth-order valence-corrected chi connectivity index (χ4v) is 2.05. The maximum Gasteiger partial charge on any atom is 0.106 e. The fraction of sp³-hybridized carbons (Fsp3) is 0.636. The molecule has 0 aromatic carbocycles. The summed E-state index contributed by atoms with van der Waals surface area (Å²) in [4.78, 5) is 0. The van der Waals surface area contributed by atoms with Gasteiger partial charge in [0.05, 0.1) is 0 Å². The Morgan fingerprint density at radius 2 is 2.13 bits per heavy atom. The van der Waals surface area contributed by atoms with Gasteiger partial charge in [-0.2, -0.15) is 0 Å². The number of nitrogens with two attached hydrogens (primary N) is 1. The molecule has 0 bridgehead atoms. The van der Waals surface area contributed by atoms with Crippen LogP contribution in [0.1, 0.15) is 25.7 Å². The van der Waals surface area contributed by atoms with Gasteiger partial charge >= 0.3 is 0 Å². The molecule has 1 saturated heterocycles. The van der Waals surface area contributed by atoms with Crippen molar-refractivity contribution in [2.45, 2.75) is 37.8 Å². The molecule has 0 unspecified atom stereocenters. The van der Waals surface area contributed by atoms with E-state index >= 15 is 0 Å². The number of hydrogen-bond donors (Lipinski definition) is 1. The topological polar surface area (TPSA) is 35.2 Å². The van der Waals surface area contributed by atoms with Crippen LogP contribution >= 0.6 is 0 Å². The lowest BCUT2D eigenvalue weighted by molar-refractivity contribution is 0.0246. The molecule has 84 valence electrons. The maximum absolute atomic E-state index is 13.5. The third kappa shape index (κ3) is 2.26. The Kier molecular flexibility index (Phi) is 3.17. The number of halogens is 2. The zero-order valence-electron chi connectivity index (χ0n) is 8.51. The van der Waals surface area contributed by atoms with E-state index in [0.717, 1.165) is 12.8 Å². The molecule has 1 heterocycles. The first kappa shape index (κ1) is 10.8. The molecule has 0 saturated carbocycles. The van der Waals surface area contributed by atoms with Gasteiger partial charge < -0.3 is 10.5 Å². The third-order valence-corrected chi connectivity index (χ3v) is 2.88. The van der Waals surface area contributed by atoms with Crippen molar-refractivity contribution in [2.24, 2.45) is 5.73 Å². The minimum absolute atomic E-state index is 0.129. The van der Waals surface area contributed by atoms with E-state index in [2.05, 4.69) is 0 Å². The maximum atomic E-state index is 13.5. The second kappa shape index (κ2) is 4.41. The molecule has 0 radical (unpaired) electrons. The van der Waals surface area contributed by atoms with Gasteiger partial charge in [0, 0.05) is 31.1 Å². The summed E-state index contributed by atoms with van der Waals surface area (Å²) in [7, 11) is 0. The van der Waals surface area contributed by atoms with Crippen LogP contribution in [0, 0.1) is 0 Å². The van der Waals surface area contributed by atoms with Gasteiger partial charge in [0.2, 0.25) is 0 Å². The monoisotopic (exact) mass is 215 g/mol. The first-order valence-corrected chi connectivity index (χ1v) is 5.30. The van der Waals surface area contributed by atoms with Crippen molar-refractivity contribution in [2.75, 3.05) is 6.61 Å². The lowest BCUT2D eigenvalue weighted by Gasteiger charge is -2.31. The van der Waals surface area contributed by atoms with Crippen LogP contribution in [0.3, 0.4) is 0 Å². The van der Waals surface area contributed by atoms with Gasteiger partial charge in [0.25, 0.3) is 0 Å². The zero-order chi connectivity index (χ0) is 10.8. The highest BCUT2D eigenvalue weighted by atomic mass is 19.1. The lowest BCUT2D eigenvalue weighted by atomic mass is 9.92. The van der Waals surface area contributed by atoms with Gasteiger partial charge in [0.15, 0.2) is 0 Å². The molecule has 2 nitrogen and oxygen atoms in total. The molecule has 1 aliphatic heterocycles. The molecule has 0 amide bonds. The van der Waals surface area contributed by atoms with Gasteiger partial charge in [0.1, 0.15) is 17.8 Å². The van der Waals surface area contributed by atoms with Crippen LogP contribution in [0.2, 0.25) is 0 Å². The quantitative estimate of drug-likeness (QED) is 0.728. The van der Waals surface area contributed by atoms with Gasteiger partial charge in [-0.1, -0.05) is 0 Å². The minimum Gasteiger partial charge on any atom is -0.372 e. The Bertz CT molecular complexity index is 312. The van der Waals surface area contributed by atoms with Crippen LogP contribution in [0.5, 0.6) is 0 Å². The molecular formula is C11H15F2NO. The summed E-state index contributed by atoms with van der Waals surface area (Å²) in [5.41, 5.74) is 6.15.